The van der Waals surface area contributed by atoms with Crippen LogP contribution in [0.3, 0.4) is 0 Å². The van der Waals surface area contributed by atoms with Crippen LogP contribution in [-0.4, -0.2) is 44.3 Å². The first-order valence-corrected chi connectivity index (χ1v) is 7.01. The molecule has 0 amide bonds. The van der Waals surface area contributed by atoms with Crippen LogP contribution in [0.4, 0.5) is 11.6 Å². The standard InChI is InChI=1S/C9H17N5O3S/c1-3-14-18(15,16)5-4-11-9-7(17-2)8(10)12-6-13-9/h6,14H,3-5H2,1-2H3,(H3,10,11,12,13). The van der Waals surface area contributed by atoms with Gasteiger partial charge in [0, 0.05) is 13.1 Å². The van der Waals surface area contributed by atoms with Crippen LogP contribution in [0.2, 0.25) is 0 Å². The maximum atomic E-state index is 11.4. The summed E-state index contributed by atoms with van der Waals surface area (Å²) in [5, 5.41) is 2.84. The highest BCUT2D eigenvalue weighted by molar-refractivity contribution is 7.89. The van der Waals surface area contributed by atoms with Crippen LogP contribution in [-0.2, 0) is 10.0 Å². The molecule has 0 aliphatic heterocycles. The van der Waals surface area contributed by atoms with E-state index in [-0.39, 0.29) is 18.1 Å². The second kappa shape index (κ2) is 6.36. The first kappa shape index (κ1) is 14.5. The Balaban J connectivity index is 2.62. The molecule has 1 rings (SSSR count). The second-order valence-electron chi connectivity index (χ2n) is 3.38. The Morgan fingerprint density at radius 1 is 1.44 bits per heavy atom. The van der Waals surface area contributed by atoms with Crippen molar-refractivity contribution in [3.8, 4) is 5.75 Å². The molecule has 0 radical (unpaired) electrons. The molecule has 0 saturated heterocycles. The normalized spacial score (nSPS) is 11.2. The molecule has 0 aliphatic rings. The van der Waals surface area contributed by atoms with E-state index in [9.17, 15) is 8.42 Å². The molecule has 8 nitrogen and oxygen atoms in total. The molecular formula is C9H17N5O3S. The third-order valence-electron chi connectivity index (χ3n) is 2.06. The Morgan fingerprint density at radius 3 is 2.78 bits per heavy atom. The van der Waals surface area contributed by atoms with E-state index in [2.05, 4.69) is 20.0 Å². The highest BCUT2D eigenvalue weighted by atomic mass is 32.2. The summed E-state index contributed by atoms with van der Waals surface area (Å²) in [5.41, 5.74) is 5.59. The largest absolute Gasteiger partial charge is 0.490 e. The highest BCUT2D eigenvalue weighted by Crippen LogP contribution is 2.25. The van der Waals surface area contributed by atoms with E-state index in [4.69, 9.17) is 10.5 Å². The van der Waals surface area contributed by atoms with Gasteiger partial charge in [-0.25, -0.2) is 23.1 Å². The van der Waals surface area contributed by atoms with Gasteiger partial charge in [0.25, 0.3) is 0 Å². The van der Waals surface area contributed by atoms with Crippen LogP contribution in [0.5, 0.6) is 5.75 Å². The van der Waals surface area contributed by atoms with Gasteiger partial charge in [0.05, 0.1) is 12.9 Å². The Labute approximate surface area is 106 Å². The fourth-order valence-corrected chi connectivity index (χ4v) is 2.27. The molecule has 0 bridgehead atoms. The monoisotopic (exact) mass is 275 g/mol. The summed E-state index contributed by atoms with van der Waals surface area (Å²) in [6.45, 7) is 2.29. The van der Waals surface area contributed by atoms with Gasteiger partial charge in [-0.2, -0.15) is 0 Å². The molecule has 0 atom stereocenters. The van der Waals surface area contributed by atoms with Gasteiger partial charge in [0.2, 0.25) is 15.8 Å². The summed E-state index contributed by atoms with van der Waals surface area (Å²) in [4.78, 5) is 7.70. The second-order valence-corrected chi connectivity index (χ2v) is 5.31. The number of hydrogen-bond donors (Lipinski definition) is 3. The average molecular weight is 275 g/mol. The maximum Gasteiger partial charge on any atom is 0.213 e. The van der Waals surface area contributed by atoms with Gasteiger partial charge in [0.15, 0.2) is 11.6 Å². The molecule has 0 fully saturated rings. The van der Waals surface area contributed by atoms with Crippen molar-refractivity contribution in [2.75, 3.05) is 37.0 Å². The lowest BCUT2D eigenvalue weighted by atomic mass is 10.4. The van der Waals surface area contributed by atoms with Gasteiger partial charge in [-0.1, -0.05) is 6.92 Å². The molecule has 0 aromatic carbocycles. The molecule has 0 unspecified atom stereocenters. The zero-order chi connectivity index (χ0) is 13.6. The lowest BCUT2D eigenvalue weighted by Gasteiger charge is -2.11. The molecule has 9 heteroatoms. The van der Waals surface area contributed by atoms with E-state index in [0.29, 0.717) is 18.1 Å². The van der Waals surface area contributed by atoms with Crippen molar-refractivity contribution < 1.29 is 13.2 Å². The van der Waals surface area contributed by atoms with E-state index in [1.807, 2.05) is 0 Å². The number of sulfonamides is 1. The van der Waals surface area contributed by atoms with Crippen molar-refractivity contribution in [3.63, 3.8) is 0 Å². The number of nitrogen functional groups attached to an aromatic ring is 1. The SMILES string of the molecule is CCNS(=O)(=O)CCNc1ncnc(N)c1OC. The van der Waals surface area contributed by atoms with Crippen molar-refractivity contribution in [2.45, 2.75) is 6.92 Å². The number of methoxy groups -OCH3 is 1. The number of nitrogens with zero attached hydrogens (tertiary/aromatic N) is 2. The molecule has 18 heavy (non-hydrogen) atoms. The Morgan fingerprint density at radius 2 is 2.17 bits per heavy atom. The minimum atomic E-state index is -3.26. The quantitative estimate of drug-likeness (QED) is 0.609. The molecule has 1 aromatic heterocycles. The Kier molecular flexibility index (Phi) is 5.10. The van der Waals surface area contributed by atoms with E-state index >= 15 is 0 Å². The number of hydrogen-bond acceptors (Lipinski definition) is 7. The highest BCUT2D eigenvalue weighted by Gasteiger charge is 2.11. The van der Waals surface area contributed by atoms with Gasteiger partial charge in [-0.05, 0) is 0 Å². The number of rotatable bonds is 7. The molecule has 1 heterocycles. The fourth-order valence-electron chi connectivity index (χ4n) is 1.31. The summed E-state index contributed by atoms with van der Waals surface area (Å²) >= 11 is 0. The topological polar surface area (TPSA) is 119 Å². The lowest BCUT2D eigenvalue weighted by Crippen LogP contribution is -2.29. The predicted octanol–water partition coefficient (Wildman–Crippen LogP) is -0.581. The number of anilines is 2. The fraction of sp³-hybridized carbons (Fsp3) is 0.556. The van der Waals surface area contributed by atoms with E-state index < -0.39 is 10.0 Å². The third-order valence-corrected chi connectivity index (χ3v) is 3.53. The summed E-state index contributed by atoms with van der Waals surface area (Å²) in [6, 6.07) is 0. The summed E-state index contributed by atoms with van der Waals surface area (Å²) in [7, 11) is -1.82. The number of aromatic nitrogens is 2. The molecule has 0 aliphatic carbocycles. The van der Waals surface area contributed by atoms with E-state index in [1.54, 1.807) is 6.92 Å². The van der Waals surface area contributed by atoms with Crippen molar-refractivity contribution in [3.05, 3.63) is 6.33 Å². The van der Waals surface area contributed by atoms with Gasteiger partial charge >= 0.3 is 0 Å². The predicted molar refractivity (Wildman–Crippen MR) is 68.9 cm³/mol. The smallest absolute Gasteiger partial charge is 0.213 e. The minimum Gasteiger partial charge on any atom is -0.490 e. The zero-order valence-corrected chi connectivity index (χ0v) is 11.1. The van der Waals surface area contributed by atoms with Crippen LogP contribution in [0.15, 0.2) is 6.33 Å². The summed E-state index contributed by atoms with van der Waals surface area (Å²) < 4.78 is 30.2. The van der Waals surface area contributed by atoms with Crippen molar-refractivity contribution in [1.82, 2.24) is 14.7 Å². The van der Waals surface area contributed by atoms with Crippen molar-refractivity contribution >= 4 is 21.7 Å². The van der Waals surface area contributed by atoms with Crippen LogP contribution in [0.25, 0.3) is 0 Å². The summed E-state index contributed by atoms with van der Waals surface area (Å²) in [5.74, 6) is 0.813. The average Bonchev–Trinajstić information content (AvgIpc) is 2.29. The van der Waals surface area contributed by atoms with Crippen molar-refractivity contribution in [2.24, 2.45) is 0 Å². The maximum absolute atomic E-state index is 11.4. The van der Waals surface area contributed by atoms with Crippen LogP contribution < -0.4 is 20.5 Å². The van der Waals surface area contributed by atoms with Gasteiger partial charge in [-0.15, -0.1) is 0 Å². The van der Waals surface area contributed by atoms with E-state index in [0.717, 1.165) is 0 Å². The Hall–Kier alpha value is -1.61. The van der Waals surface area contributed by atoms with Crippen LogP contribution in [0.1, 0.15) is 6.92 Å². The number of nitrogens with two attached hydrogens (primary N) is 1. The molecule has 4 N–H and O–H groups in total. The lowest BCUT2D eigenvalue weighted by molar-refractivity contribution is 0.415. The molecular weight excluding hydrogens is 258 g/mol. The summed E-state index contributed by atoms with van der Waals surface area (Å²) in [6.07, 6.45) is 1.28. The molecule has 0 saturated carbocycles. The minimum absolute atomic E-state index is 0.0616. The van der Waals surface area contributed by atoms with Gasteiger partial charge in [0.1, 0.15) is 6.33 Å². The molecule has 1 aromatic rings. The van der Waals surface area contributed by atoms with Crippen LogP contribution in [0, 0.1) is 0 Å². The van der Waals surface area contributed by atoms with Gasteiger partial charge in [-0.3, -0.25) is 0 Å². The first-order chi connectivity index (χ1) is 8.50. The van der Waals surface area contributed by atoms with Crippen molar-refractivity contribution in [1.29, 1.82) is 0 Å². The van der Waals surface area contributed by atoms with Crippen LogP contribution >= 0.6 is 0 Å². The Bertz CT molecular complexity index is 491. The number of ether oxygens (including phenoxy) is 1. The van der Waals surface area contributed by atoms with E-state index in [1.165, 1.54) is 13.4 Å². The van der Waals surface area contributed by atoms with Gasteiger partial charge < -0.3 is 15.8 Å². The molecule has 0 spiro atoms. The third kappa shape index (κ3) is 4.00. The number of nitrogens with one attached hydrogen (secondary N) is 2. The first-order valence-electron chi connectivity index (χ1n) is 5.36. The molecule has 102 valence electrons. The zero-order valence-electron chi connectivity index (χ0n) is 10.3.